The minimum atomic E-state index is -0.298. The van der Waals surface area contributed by atoms with E-state index in [4.69, 9.17) is 4.74 Å². The SMILES string of the molecule is CC.CCOC(=O)[C@@H]1CCC[C@H](O)C1. The van der Waals surface area contributed by atoms with E-state index in [-0.39, 0.29) is 18.0 Å². The van der Waals surface area contributed by atoms with Crippen molar-refractivity contribution in [3.63, 3.8) is 0 Å². The average Bonchev–Trinajstić information content (AvgIpc) is 2.21. The topological polar surface area (TPSA) is 46.5 Å². The molecule has 0 saturated heterocycles. The van der Waals surface area contributed by atoms with Crippen molar-refractivity contribution in [2.45, 2.75) is 52.6 Å². The summed E-state index contributed by atoms with van der Waals surface area (Å²) in [5.41, 5.74) is 0. The van der Waals surface area contributed by atoms with Gasteiger partial charge in [0.2, 0.25) is 0 Å². The molecule has 1 aliphatic carbocycles. The Bertz CT molecular complexity index is 157. The smallest absolute Gasteiger partial charge is 0.309 e. The zero-order valence-electron chi connectivity index (χ0n) is 9.45. The number of carbonyl (C=O) groups excluding carboxylic acids is 1. The molecule has 1 N–H and O–H groups in total. The van der Waals surface area contributed by atoms with Crippen LogP contribution in [0.2, 0.25) is 0 Å². The van der Waals surface area contributed by atoms with E-state index in [0.29, 0.717) is 13.0 Å². The number of rotatable bonds is 2. The van der Waals surface area contributed by atoms with Crippen LogP contribution in [0.1, 0.15) is 46.5 Å². The predicted octanol–water partition coefficient (Wildman–Crippen LogP) is 2.13. The molecule has 0 heterocycles. The summed E-state index contributed by atoms with van der Waals surface area (Å²) in [7, 11) is 0. The minimum Gasteiger partial charge on any atom is -0.466 e. The second-order valence-corrected chi connectivity index (χ2v) is 3.27. The van der Waals surface area contributed by atoms with Crippen LogP contribution in [0.25, 0.3) is 0 Å². The molecule has 2 atom stereocenters. The van der Waals surface area contributed by atoms with Crippen LogP contribution in [0.5, 0.6) is 0 Å². The largest absolute Gasteiger partial charge is 0.466 e. The molecule has 3 heteroatoms. The van der Waals surface area contributed by atoms with E-state index in [1.54, 1.807) is 6.92 Å². The molecule has 0 amide bonds. The first kappa shape index (κ1) is 13.4. The lowest BCUT2D eigenvalue weighted by Gasteiger charge is -2.23. The maximum Gasteiger partial charge on any atom is 0.309 e. The maximum atomic E-state index is 11.2. The Labute approximate surface area is 86.5 Å². The monoisotopic (exact) mass is 202 g/mol. The van der Waals surface area contributed by atoms with Gasteiger partial charge in [-0.05, 0) is 26.2 Å². The van der Waals surface area contributed by atoms with Crippen molar-refractivity contribution in [3.8, 4) is 0 Å². The standard InChI is InChI=1S/C9H16O3.C2H6/c1-2-12-9(11)7-4-3-5-8(10)6-7;1-2/h7-8,10H,2-6H2,1H3;1-2H3/t7-,8+;/m1./s1. The van der Waals surface area contributed by atoms with Crippen LogP contribution in [-0.2, 0) is 9.53 Å². The summed E-state index contributed by atoms with van der Waals surface area (Å²) >= 11 is 0. The third-order valence-corrected chi connectivity index (χ3v) is 2.27. The van der Waals surface area contributed by atoms with Crippen LogP contribution in [0.15, 0.2) is 0 Å². The van der Waals surface area contributed by atoms with Gasteiger partial charge >= 0.3 is 5.97 Å². The molecule has 0 radical (unpaired) electrons. The first-order chi connectivity index (χ1) is 6.74. The quantitative estimate of drug-likeness (QED) is 0.698. The highest BCUT2D eigenvalue weighted by Gasteiger charge is 2.26. The molecule has 1 fully saturated rings. The Morgan fingerprint density at radius 1 is 1.43 bits per heavy atom. The van der Waals surface area contributed by atoms with Gasteiger partial charge in [0.1, 0.15) is 0 Å². The van der Waals surface area contributed by atoms with E-state index in [0.717, 1.165) is 19.3 Å². The molecule has 0 unspecified atom stereocenters. The molecule has 0 bridgehead atoms. The Morgan fingerprint density at radius 3 is 2.57 bits per heavy atom. The lowest BCUT2D eigenvalue weighted by atomic mass is 9.87. The van der Waals surface area contributed by atoms with Crippen molar-refractivity contribution in [1.29, 1.82) is 0 Å². The summed E-state index contributed by atoms with van der Waals surface area (Å²) < 4.78 is 4.88. The summed E-state index contributed by atoms with van der Waals surface area (Å²) in [6.45, 7) is 6.24. The Balaban J connectivity index is 0.000000791. The molecule has 3 nitrogen and oxygen atoms in total. The van der Waals surface area contributed by atoms with Gasteiger partial charge in [0.05, 0.1) is 18.6 Å². The van der Waals surface area contributed by atoms with Crippen LogP contribution in [-0.4, -0.2) is 23.8 Å². The van der Waals surface area contributed by atoms with E-state index in [1.165, 1.54) is 0 Å². The van der Waals surface area contributed by atoms with E-state index >= 15 is 0 Å². The highest BCUT2D eigenvalue weighted by Crippen LogP contribution is 2.24. The van der Waals surface area contributed by atoms with Gasteiger partial charge in [-0.1, -0.05) is 20.3 Å². The normalized spacial score (nSPS) is 26.0. The Morgan fingerprint density at radius 2 is 2.07 bits per heavy atom. The van der Waals surface area contributed by atoms with Crippen LogP contribution >= 0.6 is 0 Å². The van der Waals surface area contributed by atoms with Crippen molar-refractivity contribution >= 4 is 5.97 Å². The van der Waals surface area contributed by atoms with Gasteiger partial charge in [0, 0.05) is 0 Å². The number of hydrogen-bond acceptors (Lipinski definition) is 3. The maximum absolute atomic E-state index is 11.2. The highest BCUT2D eigenvalue weighted by atomic mass is 16.5. The molecule has 0 aromatic heterocycles. The van der Waals surface area contributed by atoms with Crippen molar-refractivity contribution in [3.05, 3.63) is 0 Å². The fourth-order valence-electron chi connectivity index (χ4n) is 1.64. The molecule has 0 aromatic carbocycles. The van der Waals surface area contributed by atoms with Gasteiger partial charge in [-0.3, -0.25) is 4.79 Å². The second kappa shape index (κ2) is 7.80. The van der Waals surface area contributed by atoms with Crippen LogP contribution in [0.3, 0.4) is 0 Å². The summed E-state index contributed by atoms with van der Waals surface area (Å²) in [4.78, 5) is 11.2. The molecule has 0 aliphatic heterocycles. The van der Waals surface area contributed by atoms with Gasteiger partial charge in [0.15, 0.2) is 0 Å². The van der Waals surface area contributed by atoms with Crippen molar-refractivity contribution in [2.75, 3.05) is 6.61 Å². The van der Waals surface area contributed by atoms with E-state index < -0.39 is 0 Å². The van der Waals surface area contributed by atoms with Gasteiger partial charge in [-0.15, -0.1) is 0 Å². The minimum absolute atomic E-state index is 0.0614. The Hall–Kier alpha value is -0.570. The number of ether oxygens (including phenoxy) is 1. The van der Waals surface area contributed by atoms with E-state index in [9.17, 15) is 9.90 Å². The number of aliphatic hydroxyl groups is 1. The Kier molecular flexibility index (Phi) is 7.48. The summed E-state index contributed by atoms with van der Waals surface area (Å²) in [6, 6.07) is 0. The van der Waals surface area contributed by atoms with Gasteiger partial charge in [-0.2, -0.15) is 0 Å². The predicted molar refractivity (Wildman–Crippen MR) is 55.9 cm³/mol. The second-order valence-electron chi connectivity index (χ2n) is 3.27. The first-order valence-electron chi connectivity index (χ1n) is 5.58. The number of aliphatic hydroxyl groups excluding tert-OH is 1. The van der Waals surface area contributed by atoms with Gasteiger partial charge < -0.3 is 9.84 Å². The highest BCUT2D eigenvalue weighted by molar-refractivity contribution is 5.72. The third-order valence-electron chi connectivity index (χ3n) is 2.27. The zero-order chi connectivity index (χ0) is 11.0. The number of hydrogen-bond donors (Lipinski definition) is 1. The molecule has 0 aromatic rings. The first-order valence-corrected chi connectivity index (χ1v) is 5.58. The fraction of sp³-hybridized carbons (Fsp3) is 0.909. The van der Waals surface area contributed by atoms with Crippen molar-refractivity contribution < 1.29 is 14.6 Å². The van der Waals surface area contributed by atoms with Crippen LogP contribution < -0.4 is 0 Å². The number of carbonyl (C=O) groups is 1. The molecule has 1 saturated carbocycles. The van der Waals surface area contributed by atoms with E-state index in [1.807, 2.05) is 13.8 Å². The van der Waals surface area contributed by atoms with Gasteiger partial charge in [-0.25, -0.2) is 0 Å². The summed E-state index contributed by atoms with van der Waals surface area (Å²) in [6.07, 6.45) is 2.92. The van der Waals surface area contributed by atoms with Crippen LogP contribution in [0.4, 0.5) is 0 Å². The zero-order valence-corrected chi connectivity index (χ0v) is 9.45. The lowest BCUT2D eigenvalue weighted by Crippen LogP contribution is -2.27. The number of esters is 1. The molecule has 84 valence electrons. The van der Waals surface area contributed by atoms with Crippen LogP contribution in [0, 0.1) is 5.92 Å². The summed E-state index contributed by atoms with van der Waals surface area (Å²) in [5, 5.41) is 9.29. The van der Waals surface area contributed by atoms with Gasteiger partial charge in [0.25, 0.3) is 0 Å². The van der Waals surface area contributed by atoms with E-state index in [2.05, 4.69) is 0 Å². The van der Waals surface area contributed by atoms with Crippen molar-refractivity contribution in [1.82, 2.24) is 0 Å². The molecule has 14 heavy (non-hydrogen) atoms. The molecular weight excluding hydrogens is 180 g/mol. The molecule has 1 rings (SSSR count). The molecule has 0 spiro atoms. The molecular formula is C11H22O3. The fourth-order valence-corrected chi connectivity index (χ4v) is 1.64. The van der Waals surface area contributed by atoms with Crippen molar-refractivity contribution in [2.24, 2.45) is 5.92 Å². The lowest BCUT2D eigenvalue weighted by molar-refractivity contribution is -0.150. The molecule has 1 aliphatic rings. The average molecular weight is 202 g/mol. The summed E-state index contributed by atoms with van der Waals surface area (Å²) in [5.74, 6) is -0.204. The third kappa shape index (κ3) is 4.61.